The van der Waals surface area contributed by atoms with Crippen LogP contribution in [0.15, 0.2) is 36.7 Å². The number of ether oxygens (including phenoxy) is 1. The molecule has 1 aromatic heterocycles. The van der Waals surface area contributed by atoms with Crippen molar-refractivity contribution in [1.82, 2.24) is 14.9 Å². The molecule has 1 aromatic carbocycles. The van der Waals surface area contributed by atoms with Crippen LogP contribution in [-0.2, 0) is 0 Å². The maximum atomic E-state index is 12.4. The highest BCUT2D eigenvalue weighted by Gasteiger charge is 2.34. The van der Waals surface area contributed by atoms with Crippen molar-refractivity contribution < 1.29 is 14.5 Å². The van der Waals surface area contributed by atoms with E-state index in [1.54, 1.807) is 11.0 Å². The second-order valence-corrected chi connectivity index (χ2v) is 5.73. The van der Waals surface area contributed by atoms with Crippen LogP contribution in [0.2, 0.25) is 5.15 Å². The van der Waals surface area contributed by atoms with Crippen molar-refractivity contribution in [2.75, 3.05) is 19.7 Å². The van der Waals surface area contributed by atoms with Gasteiger partial charge in [-0.15, -0.1) is 0 Å². The molecule has 2 heterocycles. The SMILES string of the molecule is O=C(c1ccccc1[N+](=O)[O-])N1CC(COc2cncc(Cl)n2)C1. The Bertz CT molecular complexity index is 780. The Labute approximate surface area is 142 Å². The first-order chi connectivity index (χ1) is 11.5. The summed E-state index contributed by atoms with van der Waals surface area (Å²) in [5.74, 6) is 0.115. The number of carbonyl (C=O) groups is 1. The first-order valence-electron chi connectivity index (χ1n) is 7.17. The summed E-state index contributed by atoms with van der Waals surface area (Å²) < 4.78 is 5.48. The molecular formula is C15H13ClN4O4. The molecule has 9 heteroatoms. The number of likely N-dealkylation sites (tertiary alicyclic amines) is 1. The van der Waals surface area contributed by atoms with Crippen molar-refractivity contribution in [3.8, 4) is 5.88 Å². The number of nitro groups is 1. The lowest BCUT2D eigenvalue weighted by atomic mass is 9.99. The second-order valence-electron chi connectivity index (χ2n) is 5.34. The summed E-state index contributed by atoms with van der Waals surface area (Å²) in [5.41, 5.74) is -0.0843. The van der Waals surface area contributed by atoms with E-state index >= 15 is 0 Å². The van der Waals surface area contributed by atoms with E-state index in [-0.39, 0.29) is 28.2 Å². The zero-order valence-corrected chi connectivity index (χ0v) is 13.2. The molecule has 1 aliphatic heterocycles. The minimum Gasteiger partial charge on any atom is -0.476 e. The Balaban J connectivity index is 1.55. The van der Waals surface area contributed by atoms with Crippen LogP contribution in [0.25, 0.3) is 0 Å². The van der Waals surface area contributed by atoms with Crippen molar-refractivity contribution in [3.63, 3.8) is 0 Å². The molecule has 1 fully saturated rings. The monoisotopic (exact) mass is 348 g/mol. The summed E-state index contributed by atoms with van der Waals surface area (Å²) >= 11 is 5.72. The normalized spacial score (nSPS) is 14.1. The van der Waals surface area contributed by atoms with Gasteiger partial charge in [0.15, 0.2) is 5.15 Å². The molecule has 24 heavy (non-hydrogen) atoms. The molecule has 3 rings (SSSR count). The zero-order valence-electron chi connectivity index (χ0n) is 12.5. The summed E-state index contributed by atoms with van der Waals surface area (Å²) in [7, 11) is 0. The number of nitro benzene ring substituents is 1. The summed E-state index contributed by atoms with van der Waals surface area (Å²) in [6.45, 7) is 1.31. The Morgan fingerprint density at radius 2 is 2.12 bits per heavy atom. The smallest absolute Gasteiger partial charge is 0.282 e. The predicted molar refractivity (Wildman–Crippen MR) is 85.0 cm³/mol. The fourth-order valence-electron chi connectivity index (χ4n) is 2.42. The van der Waals surface area contributed by atoms with Gasteiger partial charge in [0.05, 0.1) is 23.9 Å². The maximum absolute atomic E-state index is 12.4. The molecule has 0 N–H and O–H groups in total. The number of rotatable bonds is 5. The molecule has 1 saturated heterocycles. The quantitative estimate of drug-likeness (QED) is 0.606. The van der Waals surface area contributed by atoms with Crippen LogP contribution in [0, 0.1) is 16.0 Å². The van der Waals surface area contributed by atoms with Gasteiger partial charge in [-0.25, -0.2) is 0 Å². The molecule has 0 aliphatic carbocycles. The standard InChI is InChI=1S/C15H13ClN4O4/c16-13-5-17-6-14(18-13)24-9-10-7-19(8-10)15(21)11-3-1-2-4-12(11)20(22)23/h1-6,10H,7-9H2. The molecule has 8 nitrogen and oxygen atoms in total. The van der Waals surface area contributed by atoms with Gasteiger partial charge in [0.25, 0.3) is 11.6 Å². The largest absolute Gasteiger partial charge is 0.476 e. The van der Waals surface area contributed by atoms with Crippen molar-refractivity contribution >= 4 is 23.2 Å². The first-order valence-corrected chi connectivity index (χ1v) is 7.55. The van der Waals surface area contributed by atoms with Gasteiger partial charge in [0, 0.05) is 25.1 Å². The van der Waals surface area contributed by atoms with Crippen molar-refractivity contribution in [2.45, 2.75) is 0 Å². The van der Waals surface area contributed by atoms with Gasteiger partial charge in [-0.05, 0) is 6.07 Å². The number of hydrogen-bond donors (Lipinski definition) is 0. The van der Waals surface area contributed by atoms with E-state index < -0.39 is 4.92 Å². The van der Waals surface area contributed by atoms with Gasteiger partial charge in [0.2, 0.25) is 5.88 Å². The number of para-hydroxylation sites is 1. The van der Waals surface area contributed by atoms with Gasteiger partial charge >= 0.3 is 0 Å². The van der Waals surface area contributed by atoms with Gasteiger partial charge < -0.3 is 9.64 Å². The molecule has 0 unspecified atom stereocenters. The van der Waals surface area contributed by atoms with Crippen molar-refractivity contribution in [2.24, 2.45) is 5.92 Å². The zero-order chi connectivity index (χ0) is 17.1. The summed E-state index contributed by atoms with van der Waals surface area (Å²) in [5, 5.41) is 11.2. The highest BCUT2D eigenvalue weighted by atomic mass is 35.5. The van der Waals surface area contributed by atoms with Crippen LogP contribution in [0.1, 0.15) is 10.4 Å². The Morgan fingerprint density at radius 1 is 1.38 bits per heavy atom. The van der Waals surface area contributed by atoms with Gasteiger partial charge in [-0.2, -0.15) is 4.98 Å². The van der Waals surface area contributed by atoms with Crippen LogP contribution < -0.4 is 4.74 Å². The third-order valence-corrected chi connectivity index (χ3v) is 3.81. The average Bonchev–Trinajstić information content (AvgIpc) is 2.53. The number of carbonyl (C=O) groups excluding carboxylic acids is 1. The third kappa shape index (κ3) is 3.43. The topological polar surface area (TPSA) is 98.5 Å². The fourth-order valence-corrected chi connectivity index (χ4v) is 2.56. The van der Waals surface area contributed by atoms with E-state index in [4.69, 9.17) is 16.3 Å². The van der Waals surface area contributed by atoms with E-state index in [9.17, 15) is 14.9 Å². The number of benzene rings is 1. The van der Waals surface area contributed by atoms with Crippen molar-refractivity contribution in [1.29, 1.82) is 0 Å². The number of amides is 1. The second kappa shape index (κ2) is 6.79. The van der Waals surface area contributed by atoms with Gasteiger partial charge in [-0.1, -0.05) is 23.7 Å². The van der Waals surface area contributed by atoms with E-state index in [2.05, 4.69) is 9.97 Å². The third-order valence-electron chi connectivity index (χ3n) is 3.63. The van der Waals surface area contributed by atoms with Crippen LogP contribution in [0.4, 0.5) is 5.69 Å². The van der Waals surface area contributed by atoms with Crippen LogP contribution in [0.5, 0.6) is 5.88 Å². The van der Waals surface area contributed by atoms with Crippen LogP contribution in [0.3, 0.4) is 0 Å². The molecular weight excluding hydrogens is 336 g/mol. The molecule has 0 atom stereocenters. The predicted octanol–water partition coefficient (Wildman–Crippen LogP) is 2.19. The minimum atomic E-state index is -0.550. The molecule has 0 saturated carbocycles. The average molecular weight is 349 g/mol. The molecule has 0 radical (unpaired) electrons. The lowest BCUT2D eigenvalue weighted by molar-refractivity contribution is -0.385. The first kappa shape index (κ1) is 16.1. The molecule has 1 amide bonds. The Kier molecular flexibility index (Phi) is 4.57. The Hall–Kier alpha value is -2.74. The van der Waals surface area contributed by atoms with Gasteiger partial charge in [-0.3, -0.25) is 19.9 Å². The summed E-state index contributed by atoms with van der Waals surface area (Å²) in [4.78, 5) is 32.2. The lowest BCUT2D eigenvalue weighted by Gasteiger charge is -2.38. The number of hydrogen-bond acceptors (Lipinski definition) is 6. The number of nitrogens with zero attached hydrogens (tertiary/aromatic N) is 4. The van der Waals surface area contributed by atoms with Crippen LogP contribution in [-0.4, -0.2) is 45.4 Å². The van der Waals surface area contributed by atoms with Crippen LogP contribution >= 0.6 is 11.6 Å². The Morgan fingerprint density at radius 3 is 2.83 bits per heavy atom. The summed E-state index contributed by atoms with van der Waals surface area (Å²) in [6.07, 6.45) is 2.87. The molecule has 124 valence electrons. The van der Waals surface area contributed by atoms with Gasteiger partial charge in [0.1, 0.15) is 5.56 Å². The number of halogens is 1. The number of aromatic nitrogens is 2. The van der Waals surface area contributed by atoms with Crippen molar-refractivity contribution in [3.05, 3.63) is 57.5 Å². The fraction of sp³-hybridized carbons (Fsp3) is 0.267. The van der Waals surface area contributed by atoms with E-state index in [1.807, 2.05) is 0 Å². The van der Waals surface area contributed by atoms with E-state index in [0.717, 1.165) is 0 Å². The summed E-state index contributed by atoms with van der Waals surface area (Å²) in [6, 6.07) is 5.93. The van der Waals surface area contributed by atoms with E-state index in [1.165, 1.54) is 30.6 Å². The van der Waals surface area contributed by atoms with E-state index in [0.29, 0.717) is 25.6 Å². The molecule has 2 aromatic rings. The highest BCUT2D eigenvalue weighted by Crippen LogP contribution is 2.24. The maximum Gasteiger partial charge on any atom is 0.282 e. The highest BCUT2D eigenvalue weighted by molar-refractivity contribution is 6.29. The molecule has 0 bridgehead atoms. The molecule has 1 aliphatic rings. The lowest BCUT2D eigenvalue weighted by Crippen LogP contribution is -2.52. The minimum absolute atomic E-state index is 0.0996. The molecule has 0 spiro atoms.